The first-order chi connectivity index (χ1) is 20.4. The van der Waals surface area contributed by atoms with Crippen LogP contribution in [0.4, 0.5) is 17.7 Å². The fourth-order valence-corrected chi connectivity index (χ4v) is 5.45. The minimum absolute atomic E-state index is 0.0418. The van der Waals surface area contributed by atoms with Crippen molar-refractivity contribution in [3.63, 3.8) is 0 Å². The summed E-state index contributed by atoms with van der Waals surface area (Å²) in [4.78, 5) is 37.1. The first-order valence-corrected chi connectivity index (χ1v) is 14.2. The molecule has 2 saturated heterocycles. The quantitative estimate of drug-likeness (QED) is 0.398. The van der Waals surface area contributed by atoms with Gasteiger partial charge in [0.1, 0.15) is 0 Å². The molecular weight excluding hydrogens is 538 g/mol. The molecule has 0 atom stereocenters. The maximum absolute atomic E-state index is 13.7. The van der Waals surface area contributed by atoms with Crippen molar-refractivity contribution >= 4 is 23.6 Å². The Balaban J connectivity index is 1.20. The summed E-state index contributed by atoms with van der Waals surface area (Å²) < 4.78 is 5.52. The number of amides is 1. The summed E-state index contributed by atoms with van der Waals surface area (Å²) in [5, 5.41) is 17.7. The number of aromatic nitrogens is 4. The number of nitrogens with two attached hydrogens (primary N) is 1. The summed E-state index contributed by atoms with van der Waals surface area (Å²) in [5.41, 5.74) is 9.58. The number of morpholine rings is 1. The number of hydrogen-bond donors (Lipinski definition) is 1. The molecule has 1 amide bonds. The number of nitrogens with zero attached hydrogens (tertiary/aromatic N) is 10. The van der Waals surface area contributed by atoms with Crippen molar-refractivity contribution in [2.45, 2.75) is 13.0 Å². The van der Waals surface area contributed by atoms with Crippen LogP contribution in [0, 0.1) is 5.21 Å². The molecule has 2 N–H and O–H groups in total. The van der Waals surface area contributed by atoms with Gasteiger partial charge in [-0.05, 0) is 31.2 Å². The third-order valence-corrected chi connectivity index (χ3v) is 7.93. The highest BCUT2D eigenvalue weighted by Gasteiger charge is 2.30. The zero-order valence-electron chi connectivity index (χ0n) is 24.0. The molecule has 0 radical (unpaired) electrons. The van der Waals surface area contributed by atoms with Gasteiger partial charge in [0.05, 0.1) is 18.9 Å². The summed E-state index contributed by atoms with van der Waals surface area (Å²) in [6.07, 6.45) is 3.89. The average Bonchev–Trinajstić information content (AvgIpc) is 3.45. The Morgan fingerprint density at radius 3 is 2.38 bits per heavy atom. The Morgan fingerprint density at radius 2 is 1.69 bits per heavy atom. The standard InChI is InChI=1S/C28H36N11O3/c1-34-9-11-36(12-10-34)26(40)21-5-3-20(4-6-21)19-35(2)39(41)38-8-7-23-24(22-17-30-27(29)31-18-22)32-28(33-25(23)38)37-13-15-42-16-14-37/h3-6,17-18H,7-16,19H2,1-2H3,(H2,29,30,31)/q-1. The fraction of sp³-hybridized carbons (Fsp3) is 0.464. The van der Waals surface area contributed by atoms with Crippen molar-refractivity contribution in [2.24, 2.45) is 0 Å². The summed E-state index contributed by atoms with van der Waals surface area (Å²) in [5.74, 6) is 1.32. The monoisotopic (exact) mass is 574 g/mol. The van der Waals surface area contributed by atoms with E-state index in [0.717, 1.165) is 48.2 Å². The molecule has 2 aromatic heterocycles. The van der Waals surface area contributed by atoms with E-state index < -0.39 is 0 Å². The van der Waals surface area contributed by atoms with Gasteiger partial charge in [0.15, 0.2) is 5.82 Å². The first-order valence-electron chi connectivity index (χ1n) is 14.2. The molecule has 0 spiro atoms. The summed E-state index contributed by atoms with van der Waals surface area (Å²) in [6.45, 7) is 6.50. The molecule has 3 aromatic rings. The number of rotatable bonds is 7. The van der Waals surface area contributed by atoms with Gasteiger partial charge in [-0.1, -0.05) is 12.1 Å². The maximum Gasteiger partial charge on any atom is 0.253 e. The largest absolute Gasteiger partial charge is 0.753 e. The van der Waals surface area contributed by atoms with Crippen LogP contribution in [0.5, 0.6) is 0 Å². The molecule has 14 heteroatoms. The van der Waals surface area contributed by atoms with Crippen LogP contribution in [-0.4, -0.2) is 119 Å². The van der Waals surface area contributed by atoms with Gasteiger partial charge in [0.2, 0.25) is 11.9 Å². The van der Waals surface area contributed by atoms with E-state index in [2.05, 4.69) is 26.8 Å². The van der Waals surface area contributed by atoms with Gasteiger partial charge in [-0.15, -0.1) is 0 Å². The molecule has 3 aliphatic heterocycles. The molecular formula is C28H36N11O3-. The molecule has 0 aliphatic carbocycles. The molecule has 3 aliphatic rings. The second-order valence-corrected chi connectivity index (χ2v) is 10.8. The lowest BCUT2D eigenvalue weighted by molar-refractivity contribution is 0.0316. The number of fused-ring (bicyclic) bond motifs is 1. The van der Waals surface area contributed by atoms with Crippen LogP contribution < -0.4 is 15.6 Å². The lowest BCUT2D eigenvalue weighted by atomic mass is 10.1. The zero-order valence-corrected chi connectivity index (χ0v) is 24.0. The number of hydrogen-bond acceptors (Lipinski definition) is 13. The molecule has 0 saturated carbocycles. The third-order valence-electron chi connectivity index (χ3n) is 7.93. The summed E-state index contributed by atoms with van der Waals surface area (Å²) in [7, 11) is 3.81. The number of benzene rings is 1. The van der Waals surface area contributed by atoms with E-state index in [0.29, 0.717) is 68.8 Å². The third kappa shape index (κ3) is 5.84. The van der Waals surface area contributed by atoms with E-state index in [9.17, 15) is 10.0 Å². The van der Waals surface area contributed by atoms with Gasteiger partial charge in [-0.3, -0.25) is 9.80 Å². The van der Waals surface area contributed by atoms with Crippen molar-refractivity contribution in [1.29, 1.82) is 0 Å². The molecule has 5 heterocycles. The van der Waals surface area contributed by atoms with Gasteiger partial charge in [-0.2, -0.15) is 4.98 Å². The van der Waals surface area contributed by atoms with Gasteiger partial charge in [-0.25, -0.2) is 25.2 Å². The minimum Gasteiger partial charge on any atom is -0.753 e. The Labute approximate surface area is 244 Å². The molecule has 222 valence electrons. The minimum atomic E-state index is 0.0418. The fourth-order valence-electron chi connectivity index (χ4n) is 5.45. The second-order valence-electron chi connectivity index (χ2n) is 10.8. The van der Waals surface area contributed by atoms with Crippen molar-refractivity contribution in [3.8, 4) is 11.3 Å². The smallest absolute Gasteiger partial charge is 0.253 e. The molecule has 0 bridgehead atoms. The number of likely N-dealkylation sites (N-methyl/N-ethyl adjacent to an activating group) is 1. The lowest BCUT2D eigenvalue weighted by Crippen LogP contribution is -2.47. The van der Waals surface area contributed by atoms with Gasteiger partial charge in [0, 0.05) is 88.5 Å². The topological polar surface area (TPSA) is 146 Å². The first kappa shape index (κ1) is 28.2. The van der Waals surface area contributed by atoms with Gasteiger partial charge < -0.3 is 30.4 Å². The summed E-state index contributed by atoms with van der Waals surface area (Å²) in [6, 6.07) is 7.49. The number of carbonyl (C=O) groups is 1. The van der Waals surface area contributed by atoms with Crippen molar-refractivity contribution in [1.82, 2.24) is 40.0 Å². The predicted molar refractivity (Wildman–Crippen MR) is 158 cm³/mol. The number of hydrazine groups is 2. The number of anilines is 3. The lowest BCUT2D eigenvalue weighted by Gasteiger charge is -2.44. The SMILES string of the molecule is CN1CCN(C(=O)c2ccc(CN(C)N([O-])N3CCc4c(-c5cnc(N)nc5)nc(N5CCOCC5)nc43)cc2)CC1. The van der Waals surface area contributed by atoms with Crippen molar-refractivity contribution in [2.75, 3.05) is 88.8 Å². The molecule has 2 fully saturated rings. The van der Waals surface area contributed by atoms with E-state index in [1.807, 2.05) is 29.2 Å². The molecule has 42 heavy (non-hydrogen) atoms. The molecule has 6 rings (SSSR count). The van der Waals surface area contributed by atoms with Crippen molar-refractivity contribution < 1.29 is 9.53 Å². The maximum atomic E-state index is 13.7. The van der Waals surface area contributed by atoms with Crippen LogP contribution in [0.2, 0.25) is 0 Å². The zero-order chi connectivity index (χ0) is 29.2. The average molecular weight is 575 g/mol. The second kappa shape index (κ2) is 12.1. The van der Waals surface area contributed by atoms with Crippen LogP contribution in [0.1, 0.15) is 21.5 Å². The molecule has 1 aromatic carbocycles. The number of carbonyl (C=O) groups excluding carboxylic acids is 1. The Bertz CT molecular complexity index is 1390. The Kier molecular flexibility index (Phi) is 8.13. The van der Waals surface area contributed by atoms with Crippen LogP contribution in [0.25, 0.3) is 11.3 Å². The van der Waals surface area contributed by atoms with Gasteiger partial charge in [0.25, 0.3) is 5.91 Å². The van der Waals surface area contributed by atoms with Crippen LogP contribution in [-0.2, 0) is 17.7 Å². The highest BCUT2D eigenvalue weighted by molar-refractivity contribution is 5.94. The highest BCUT2D eigenvalue weighted by atomic mass is 16.6. The van der Waals surface area contributed by atoms with E-state index in [-0.39, 0.29) is 11.9 Å². The van der Waals surface area contributed by atoms with Crippen LogP contribution in [0.3, 0.4) is 0 Å². The van der Waals surface area contributed by atoms with Crippen LogP contribution in [0.15, 0.2) is 36.7 Å². The highest BCUT2D eigenvalue weighted by Crippen LogP contribution is 2.36. The number of ether oxygens (including phenoxy) is 1. The molecule has 14 nitrogen and oxygen atoms in total. The van der Waals surface area contributed by atoms with E-state index in [1.165, 1.54) is 0 Å². The van der Waals surface area contributed by atoms with Gasteiger partial charge >= 0.3 is 0 Å². The normalized spacial score (nSPS) is 17.8. The Hall–Kier alpha value is -3.95. The van der Waals surface area contributed by atoms with E-state index >= 15 is 0 Å². The number of piperazine rings is 1. The molecule has 0 unspecified atom stereocenters. The number of nitrogen functional groups attached to an aromatic ring is 1. The predicted octanol–water partition coefficient (Wildman–Crippen LogP) is 0.864. The Morgan fingerprint density at radius 1 is 1.00 bits per heavy atom. The summed E-state index contributed by atoms with van der Waals surface area (Å²) >= 11 is 0. The van der Waals surface area contributed by atoms with Crippen molar-refractivity contribution in [3.05, 3.63) is 58.6 Å². The van der Waals surface area contributed by atoms with Crippen LogP contribution >= 0.6 is 0 Å². The van der Waals surface area contributed by atoms with E-state index in [1.54, 1.807) is 29.5 Å². The van der Waals surface area contributed by atoms with E-state index in [4.69, 9.17) is 20.4 Å².